The molecule has 1 fully saturated rings. The predicted octanol–water partition coefficient (Wildman–Crippen LogP) is 0.741. The highest BCUT2D eigenvalue weighted by Crippen LogP contribution is 2.51. The van der Waals surface area contributed by atoms with Gasteiger partial charge < -0.3 is 10.8 Å². The minimum Gasteiger partial charge on any atom is -0.393 e. The molecule has 0 aromatic heterocycles. The molecule has 0 spiro atoms. The Bertz CT molecular complexity index is 149. The lowest BCUT2D eigenvalue weighted by atomic mass is 9.63. The van der Waals surface area contributed by atoms with Crippen LogP contribution in [0.15, 0.2) is 0 Å². The van der Waals surface area contributed by atoms with Crippen LogP contribution in [0.3, 0.4) is 0 Å². The van der Waals surface area contributed by atoms with E-state index >= 15 is 0 Å². The SMILES string of the molecule is CC(F)(F)C1(CN)CC(O)C1. The van der Waals surface area contributed by atoms with Gasteiger partial charge in [0.1, 0.15) is 0 Å². The van der Waals surface area contributed by atoms with Gasteiger partial charge in [-0.15, -0.1) is 0 Å². The van der Waals surface area contributed by atoms with Gasteiger partial charge in [-0.1, -0.05) is 0 Å². The number of aliphatic hydroxyl groups is 1. The minimum absolute atomic E-state index is 0.0481. The summed E-state index contributed by atoms with van der Waals surface area (Å²) in [4.78, 5) is 0. The molecule has 0 aromatic rings. The standard InChI is InChI=1S/C7H13F2NO/c1-6(8,9)7(4-10)2-5(11)3-7/h5,11H,2-4,10H2,1H3. The summed E-state index contributed by atoms with van der Waals surface area (Å²) in [5.41, 5.74) is 4.09. The summed E-state index contributed by atoms with van der Waals surface area (Å²) in [5, 5.41) is 8.89. The number of rotatable bonds is 2. The van der Waals surface area contributed by atoms with Crippen molar-refractivity contribution in [2.45, 2.75) is 31.8 Å². The van der Waals surface area contributed by atoms with Gasteiger partial charge in [-0.05, 0) is 19.8 Å². The number of halogens is 2. The van der Waals surface area contributed by atoms with E-state index < -0.39 is 17.4 Å². The van der Waals surface area contributed by atoms with E-state index in [2.05, 4.69) is 0 Å². The smallest absolute Gasteiger partial charge is 0.252 e. The third-order valence-corrected chi connectivity index (χ3v) is 2.57. The second kappa shape index (κ2) is 2.38. The van der Waals surface area contributed by atoms with E-state index in [0.717, 1.165) is 6.92 Å². The fourth-order valence-electron chi connectivity index (χ4n) is 1.55. The van der Waals surface area contributed by atoms with E-state index in [1.54, 1.807) is 0 Å². The summed E-state index contributed by atoms with van der Waals surface area (Å²) in [6.45, 7) is 0.819. The molecule has 1 saturated carbocycles. The van der Waals surface area contributed by atoms with Crippen LogP contribution in [0.1, 0.15) is 19.8 Å². The monoisotopic (exact) mass is 165 g/mol. The van der Waals surface area contributed by atoms with Gasteiger partial charge in [-0.25, -0.2) is 8.78 Å². The lowest BCUT2D eigenvalue weighted by Gasteiger charge is -2.48. The summed E-state index contributed by atoms with van der Waals surface area (Å²) in [5.74, 6) is -2.76. The summed E-state index contributed by atoms with van der Waals surface area (Å²) in [6, 6.07) is 0. The van der Waals surface area contributed by atoms with Gasteiger partial charge in [0.25, 0.3) is 5.92 Å². The lowest BCUT2D eigenvalue weighted by molar-refractivity contribution is -0.182. The third kappa shape index (κ3) is 1.25. The van der Waals surface area contributed by atoms with E-state index in [1.807, 2.05) is 0 Å². The van der Waals surface area contributed by atoms with Crippen LogP contribution in [0.2, 0.25) is 0 Å². The molecule has 0 bridgehead atoms. The fourth-order valence-corrected chi connectivity index (χ4v) is 1.55. The van der Waals surface area contributed by atoms with Crippen molar-refractivity contribution in [3.05, 3.63) is 0 Å². The van der Waals surface area contributed by atoms with Crippen molar-refractivity contribution in [1.82, 2.24) is 0 Å². The van der Waals surface area contributed by atoms with Crippen LogP contribution in [0.5, 0.6) is 0 Å². The molecule has 11 heavy (non-hydrogen) atoms. The first kappa shape index (κ1) is 8.87. The van der Waals surface area contributed by atoms with Crippen LogP contribution in [0, 0.1) is 5.41 Å². The Morgan fingerprint density at radius 1 is 1.64 bits per heavy atom. The molecule has 0 unspecified atom stereocenters. The lowest BCUT2D eigenvalue weighted by Crippen LogP contribution is -2.56. The minimum atomic E-state index is -2.76. The number of hydrogen-bond acceptors (Lipinski definition) is 2. The number of alkyl halides is 2. The highest BCUT2D eigenvalue weighted by atomic mass is 19.3. The molecule has 3 N–H and O–H groups in total. The molecule has 1 aliphatic rings. The van der Waals surface area contributed by atoms with Gasteiger partial charge in [-0.3, -0.25) is 0 Å². The van der Waals surface area contributed by atoms with Crippen molar-refractivity contribution < 1.29 is 13.9 Å². The van der Waals surface area contributed by atoms with Gasteiger partial charge in [0.05, 0.1) is 11.5 Å². The van der Waals surface area contributed by atoms with Gasteiger partial charge in [0.15, 0.2) is 0 Å². The second-order valence-corrected chi connectivity index (χ2v) is 3.43. The normalized spacial score (nSPS) is 38.5. The third-order valence-electron chi connectivity index (χ3n) is 2.57. The summed E-state index contributed by atoms with van der Waals surface area (Å²) in [7, 11) is 0. The van der Waals surface area contributed by atoms with Crippen LogP contribution < -0.4 is 5.73 Å². The fraction of sp³-hybridized carbons (Fsp3) is 1.00. The van der Waals surface area contributed by atoms with Crippen LogP contribution in [-0.2, 0) is 0 Å². The van der Waals surface area contributed by atoms with Gasteiger partial charge in [0, 0.05) is 6.54 Å². The molecule has 0 saturated heterocycles. The van der Waals surface area contributed by atoms with E-state index in [-0.39, 0.29) is 19.4 Å². The number of hydrogen-bond donors (Lipinski definition) is 2. The quantitative estimate of drug-likeness (QED) is 0.634. The molecule has 1 rings (SSSR count). The van der Waals surface area contributed by atoms with E-state index in [4.69, 9.17) is 10.8 Å². The average Bonchev–Trinajstić information content (AvgIpc) is 1.77. The van der Waals surface area contributed by atoms with Crippen molar-refractivity contribution >= 4 is 0 Å². The molecular formula is C7H13F2NO. The summed E-state index contributed by atoms with van der Waals surface area (Å²) < 4.78 is 25.6. The molecule has 66 valence electrons. The van der Waals surface area contributed by atoms with Crippen LogP contribution >= 0.6 is 0 Å². The Morgan fingerprint density at radius 2 is 2.09 bits per heavy atom. The predicted molar refractivity (Wildman–Crippen MR) is 37.3 cm³/mol. The zero-order valence-corrected chi connectivity index (χ0v) is 6.48. The first-order valence-corrected chi connectivity index (χ1v) is 3.67. The zero-order chi connectivity index (χ0) is 8.70. The van der Waals surface area contributed by atoms with Crippen molar-refractivity contribution in [1.29, 1.82) is 0 Å². The molecular weight excluding hydrogens is 152 g/mol. The molecule has 0 heterocycles. The van der Waals surface area contributed by atoms with Gasteiger partial charge in [-0.2, -0.15) is 0 Å². The maximum Gasteiger partial charge on any atom is 0.252 e. The van der Waals surface area contributed by atoms with E-state index in [0.29, 0.717) is 0 Å². The van der Waals surface area contributed by atoms with Crippen LogP contribution in [-0.4, -0.2) is 23.7 Å². The molecule has 4 heteroatoms. The van der Waals surface area contributed by atoms with Crippen LogP contribution in [0.4, 0.5) is 8.78 Å². The number of aliphatic hydroxyl groups excluding tert-OH is 1. The highest BCUT2D eigenvalue weighted by Gasteiger charge is 2.56. The summed E-state index contributed by atoms with van der Waals surface area (Å²) >= 11 is 0. The Kier molecular flexibility index (Phi) is 1.92. The molecule has 1 aliphatic carbocycles. The van der Waals surface area contributed by atoms with E-state index in [1.165, 1.54) is 0 Å². The summed E-state index contributed by atoms with van der Waals surface area (Å²) in [6.07, 6.45) is -0.315. The Labute approximate surface area is 64.4 Å². The van der Waals surface area contributed by atoms with Gasteiger partial charge in [0.2, 0.25) is 0 Å². The highest BCUT2D eigenvalue weighted by molar-refractivity contribution is 5.01. The first-order chi connectivity index (χ1) is 4.91. The second-order valence-electron chi connectivity index (χ2n) is 3.43. The van der Waals surface area contributed by atoms with Crippen molar-refractivity contribution in [2.75, 3.05) is 6.54 Å². The molecule has 0 radical (unpaired) electrons. The Balaban J connectivity index is 2.65. The van der Waals surface area contributed by atoms with Crippen molar-refractivity contribution in [2.24, 2.45) is 11.1 Å². The van der Waals surface area contributed by atoms with E-state index in [9.17, 15) is 8.78 Å². The number of nitrogens with two attached hydrogens (primary N) is 1. The van der Waals surface area contributed by atoms with Gasteiger partial charge >= 0.3 is 0 Å². The maximum absolute atomic E-state index is 12.8. The Morgan fingerprint density at radius 3 is 2.18 bits per heavy atom. The largest absolute Gasteiger partial charge is 0.393 e. The van der Waals surface area contributed by atoms with Crippen LogP contribution in [0.25, 0.3) is 0 Å². The molecule has 0 atom stereocenters. The Hall–Kier alpha value is -0.220. The van der Waals surface area contributed by atoms with Crippen molar-refractivity contribution in [3.8, 4) is 0 Å². The maximum atomic E-state index is 12.8. The topological polar surface area (TPSA) is 46.2 Å². The average molecular weight is 165 g/mol. The molecule has 0 amide bonds. The molecule has 0 aliphatic heterocycles. The van der Waals surface area contributed by atoms with Crippen molar-refractivity contribution in [3.63, 3.8) is 0 Å². The molecule has 0 aromatic carbocycles. The molecule has 2 nitrogen and oxygen atoms in total. The first-order valence-electron chi connectivity index (χ1n) is 3.67. The zero-order valence-electron chi connectivity index (χ0n) is 6.48.